The van der Waals surface area contributed by atoms with Crippen LogP contribution in [0.2, 0.25) is 0 Å². The lowest BCUT2D eigenvalue weighted by atomic mass is 10.1. The zero-order valence-corrected chi connectivity index (χ0v) is 14.8. The van der Waals surface area contributed by atoms with Crippen molar-refractivity contribution in [2.45, 2.75) is 26.8 Å². The highest BCUT2D eigenvalue weighted by atomic mass is 16.5. The van der Waals surface area contributed by atoms with Gasteiger partial charge in [-0.3, -0.25) is 0 Å². The molecule has 0 unspecified atom stereocenters. The molecule has 2 aromatic rings. The molecule has 0 aliphatic rings. The fourth-order valence-electron chi connectivity index (χ4n) is 2.36. The van der Waals surface area contributed by atoms with Crippen molar-refractivity contribution >= 4 is 5.96 Å². The van der Waals surface area contributed by atoms with E-state index >= 15 is 0 Å². The number of aliphatic imine (C=N–C) groups is 1. The van der Waals surface area contributed by atoms with Gasteiger partial charge in [-0.25, -0.2) is 4.99 Å². The van der Waals surface area contributed by atoms with Gasteiger partial charge in [0.05, 0.1) is 7.11 Å². The first kappa shape index (κ1) is 17.8. The van der Waals surface area contributed by atoms with Crippen LogP contribution in [0.25, 0.3) is 0 Å². The average molecular weight is 330 g/mol. The highest BCUT2D eigenvalue weighted by molar-refractivity contribution is 5.79. The standard InChI is InChI=1S/C17H26N6O/c1-5-18-17(20-11-16-22-21-12-23(16)3)19-9-8-14-10-13(2)6-7-15(14)24-4/h6-7,10,12H,5,8-9,11H2,1-4H3,(H2,18,19,20). The number of hydrogen-bond donors (Lipinski definition) is 2. The van der Waals surface area contributed by atoms with Crippen molar-refractivity contribution in [3.63, 3.8) is 0 Å². The third-order valence-corrected chi connectivity index (χ3v) is 3.65. The van der Waals surface area contributed by atoms with Crippen LogP contribution in [0.3, 0.4) is 0 Å². The Bertz CT molecular complexity index is 679. The smallest absolute Gasteiger partial charge is 0.191 e. The van der Waals surface area contributed by atoms with Crippen LogP contribution in [0.5, 0.6) is 5.75 Å². The van der Waals surface area contributed by atoms with E-state index < -0.39 is 0 Å². The summed E-state index contributed by atoms with van der Waals surface area (Å²) in [5, 5.41) is 14.5. The van der Waals surface area contributed by atoms with Crippen molar-refractivity contribution in [1.82, 2.24) is 25.4 Å². The molecule has 130 valence electrons. The number of aryl methyl sites for hydroxylation is 2. The van der Waals surface area contributed by atoms with Gasteiger partial charge in [0.1, 0.15) is 18.6 Å². The third kappa shape index (κ3) is 4.97. The van der Waals surface area contributed by atoms with Crippen molar-refractivity contribution < 1.29 is 4.74 Å². The van der Waals surface area contributed by atoms with Gasteiger partial charge in [0.15, 0.2) is 11.8 Å². The lowest BCUT2D eigenvalue weighted by molar-refractivity contribution is 0.409. The number of hydrogen-bond acceptors (Lipinski definition) is 4. The topological polar surface area (TPSA) is 76.4 Å². The van der Waals surface area contributed by atoms with Crippen molar-refractivity contribution in [3.8, 4) is 5.75 Å². The summed E-state index contributed by atoms with van der Waals surface area (Å²) in [6, 6.07) is 6.23. The zero-order chi connectivity index (χ0) is 17.4. The lowest BCUT2D eigenvalue weighted by Gasteiger charge is -2.13. The SMILES string of the molecule is CCNC(=NCc1nncn1C)NCCc1cc(C)ccc1OC. The van der Waals surface area contributed by atoms with Gasteiger partial charge in [-0.2, -0.15) is 0 Å². The number of benzene rings is 1. The molecule has 0 bridgehead atoms. The summed E-state index contributed by atoms with van der Waals surface area (Å²) in [6.07, 6.45) is 2.54. The quantitative estimate of drug-likeness (QED) is 0.593. The maximum atomic E-state index is 5.42. The van der Waals surface area contributed by atoms with Crippen LogP contribution in [0.1, 0.15) is 23.9 Å². The molecule has 0 aliphatic carbocycles. The van der Waals surface area contributed by atoms with E-state index in [9.17, 15) is 0 Å². The summed E-state index contributed by atoms with van der Waals surface area (Å²) >= 11 is 0. The number of nitrogens with one attached hydrogen (secondary N) is 2. The molecule has 24 heavy (non-hydrogen) atoms. The van der Waals surface area contributed by atoms with Gasteiger partial charge in [0.2, 0.25) is 0 Å². The largest absolute Gasteiger partial charge is 0.496 e. The molecule has 1 aromatic carbocycles. The number of methoxy groups -OCH3 is 1. The monoisotopic (exact) mass is 330 g/mol. The van der Waals surface area contributed by atoms with E-state index in [1.54, 1.807) is 13.4 Å². The van der Waals surface area contributed by atoms with Crippen LogP contribution in [-0.4, -0.2) is 40.9 Å². The second kappa shape index (κ2) is 8.90. The molecule has 0 fully saturated rings. The lowest BCUT2D eigenvalue weighted by Crippen LogP contribution is -2.38. The average Bonchev–Trinajstić information content (AvgIpc) is 2.98. The second-order valence-electron chi connectivity index (χ2n) is 5.55. The predicted octanol–water partition coefficient (Wildman–Crippen LogP) is 1.43. The van der Waals surface area contributed by atoms with Crippen LogP contribution in [0.4, 0.5) is 0 Å². The predicted molar refractivity (Wildman–Crippen MR) is 95.3 cm³/mol. The van der Waals surface area contributed by atoms with Gasteiger partial charge < -0.3 is 19.9 Å². The number of rotatable bonds is 7. The van der Waals surface area contributed by atoms with Crippen molar-refractivity contribution in [2.24, 2.45) is 12.0 Å². The zero-order valence-electron chi connectivity index (χ0n) is 14.8. The molecule has 0 saturated carbocycles. The minimum absolute atomic E-state index is 0.486. The molecule has 0 spiro atoms. The van der Waals surface area contributed by atoms with Crippen LogP contribution in [0, 0.1) is 6.92 Å². The summed E-state index contributed by atoms with van der Waals surface area (Å²) in [7, 11) is 3.61. The summed E-state index contributed by atoms with van der Waals surface area (Å²) in [5.41, 5.74) is 2.42. The number of nitrogens with zero attached hydrogens (tertiary/aromatic N) is 4. The van der Waals surface area contributed by atoms with Gasteiger partial charge in [-0.1, -0.05) is 17.7 Å². The Morgan fingerprint density at radius 1 is 1.33 bits per heavy atom. The normalized spacial score (nSPS) is 11.4. The van der Waals surface area contributed by atoms with Gasteiger partial charge in [0.25, 0.3) is 0 Å². The van der Waals surface area contributed by atoms with E-state index in [-0.39, 0.29) is 0 Å². The summed E-state index contributed by atoms with van der Waals surface area (Å²) in [5.74, 6) is 2.52. The molecule has 2 rings (SSSR count). The van der Waals surface area contributed by atoms with E-state index in [2.05, 4.69) is 44.9 Å². The van der Waals surface area contributed by atoms with E-state index in [0.717, 1.165) is 37.0 Å². The molecule has 1 aromatic heterocycles. The fourth-order valence-corrected chi connectivity index (χ4v) is 2.36. The molecule has 7 nitrogen and oxygen atoms in total. The molecule has 7 heteroatoms. The summed E-state index contributed by atoms with van der Waals surface area (Å²) in [6.45, 7) is 6.19. The molecule has 0 atom stereocenters. The van der Waals surface area contributed by atoms with Crippen LogP contribution in [0.15, 0.2) is 29.5 Å². The summed E-state index contributed by atoms with van der Waals surface area (Å²) < 4.78 is 7.29. The summed E-state index contributed by atoms with van der Waals surface area (Å²) in [4.78, 5) is 4.55. The van der Waals surface area contributed by atoms with Crippen LogP contribution in [-0.2, 0) is 20.0 Å². The van der Waals surface area contributed by atoms with Crippen LogP contribution >= 0.6 is 0 Å². The minimum atomic E-state index is 0.486. The molecular weight excluding hydrogens is 304 g/mol. The van der Waals surface area contributed by atoms with Crippen molar-refractivity contribution in [1.29, 1.82) is 0 Å². The maximum Gasteiger partial charge on any atom is 0.191 e. The highest BCUT2D eigenvalue weighted by Gasteiger charge is 2.05. The molecule has 0 amide bonds. The van der Waals surface area contributed by atoms with E-state index in [1.807, 2.05) is 24.6 Å². The second-order valence-corrected chi connectivity index (χ2v) is 5.55. The van der Waals surface area contributed by atoms with Crippen LogP contribution < -0.4 is 15.4 Å². The Kier molecular flexibility index (Phi) is 6.60. The van der Waals surface area contributed by atoms with E-state index in [1.165, 1.54) is 11.1 Å². The molecule has 0 aliphatic heterocycles. The Hall–Kier alpha value is -2.57. The van der Waals surface area contributed by atoms with Crippen molar-refractivity contribution in [2.75, 3.05) is 20.2 Å². The molecule has 1 heterocycles. The Labute approximate surface area is 143 Å². The highest BCUT2D eigenvalue weighted by Crippen LogP contribution is 2.19. The molecule has 0 radical (unpaired) electrons. The number of aromatic nitrogens is 3. The maximum absolute atomic E-state index is 5.42. The van der Waals surface area contributed by atoms with E-state index in [4.69, 9.17) is 4.74 Å². The Morgan fingerprint density at radius 3 is 2.83 bits per heavy atom. The first-order chi connectivity index (χ1) is 11.6. The molecule has 2 N–H and O–H groups in total. The Morgan fingerprint density at radius 2 is 2.17 bits per heavy atom. The van der Waals surface area contributed by atoms with E-state index in [0.29, 0.717) is 6.54 Å². The Balaban J connectivity index is 1.94. The molecule has 0 saturated heterocycles. The molecular formula is C17H26N6O. The van der Waals surface area contributed by atoms with Gasteiger partial charge in [-0.15, -0.1) is 10.2 Å². The van der Waals surface area contributed by atoms with Crippen molar-refractivity contribution in [3.05, 3.63) is 41.5 Å². The first-order valence-corrected chi connectivity index (χ1v) is 8.12. The number of guanidine groups is 1. The number of ether oxygens (including phenoxy) is 1. The third-order valence-electron chi connectivity index (χ3n) is 3.65. The van der Waals surface area contributed by atoms with Gasteiger partial charge >= 0.3 is 0 Å². The first-order valence-electron chi connectivity index (χ1n) is 8.12. The minimum Gasteiger partial charge on any atom is -0.496 e. The van der Waals surface area contributed by atoms with Gasteiger partial charge in [-0.05, 0) is 31.9 Å². The van der Waals surface area contributed by atoms with Gasteiger partial charge in [0, 0.05) is 20.1 Å². The fraction of sp³-hybridized carbons (Fsp3) is 0.471.